The van der Waals surface area contributed by atoms with Gasteiger partial charge in [-0.05, 0) is 12.1 Å². The van der Waals surface area contributed by atoms with Gasteiger partial charge in [-0.2, -0.15) is 0 Å². The van der Waals surface area contributed by atoms with Crippen molar-refractivity contribution in [1.82, 2.24) is 0 Å². The first-order chi connectivity index (χ1) is 11.4. The molecule has 3 rings (SSSR count). The average molecular weight is 357 g/mol. The summed E-state index contributed by atoms with van der Waals surface area (Å²) < 4.78 is 48.0. The Hall–Kier alpha value is -2.20. The van der Waals surface area contributed by atoms with Crippen molar-refractivity contribution in [2.24, 2.45) is 0 Å². The van der Waals surface area contributed by atoms with Crippen LogP contribution in [0.2, 0.25) is 0 Å². The van der Waals surface area contributed by atoms with Crippen molar-refractivity contribution in [2.75, 3.05) is 0 Å². The molecule has 4 nitrogen and oxygen atoms in total. The van der Waals surface area contributed by atoms with E-state index in [1.54, 1.807) is 54.6 Å². The summed E-state index contributed by atoms with van der Waals surface area (Å²) in [6.45, 7) is 0. The van der Waals surface area contributed by atoms with Gasteiger partial charge in [0.25, 0.3) is 0 Å². The van der Waals surface area contributed by atoms with Crippen LogP contribution in [0.1, 0.15) is 0 Å². The Bertz CT molecular complexity index is 956. The molecular weight excluding hydrogens is 343 g/mol. The van der Waals surface area contributed by atoms with Gasteiger partial charge in [0.15, 0.2) is 7.14 Å². The molecule has 3 aromatic carbocycles. The molecule has 0 bridgehead atoms. The van der Waals surface area contributed by atoms with Crippen molar-refractivity contribution in [3.63, 3.8) is 0 Å². The van der Waals surface area contributed by atoms with Crippen molar-refractivity contribution in [2.45, 2.75) is 4.90 Å². The van der Waals surface area contributed by atoms with Crippen LogP contribution in [0.3, 0.4) is 0 Å². The minimum absolute atomic E-state index is 0.317. The Morgan fingerprint density at radius 1 is 0.667 bits per heavy atom. The van der Waals surface area contributed by atoms with Crippen LogP contribution in [0.4, 0.5) is 0 Å². The smallest absolute Gasteiger partial charge is 0.171 e. The summed E-state index contributed by atoms with van der Waals surface area (Å²) in [7, 11) is -7.90. The first kappa shape index (κ1) is 16.7. The monoisotopic (exact) mass is 357 g/mol. The van der Waals surface area contributed by atoms with Gasteiger partial charge in [0.2, 0.25) is 0 Å². The molecule has 0 aliphatic carbocycles. The van der Waals surface area contributed by atoms with Crippen LogP contribution in [0.15, 0.2) is 89.8 Å². The van der Waals surface area contributed by atoms with Crippen LogP contribution >= 0.6 is 7.14 Å². The highest BCUT2D eigenvalue weighted by molar-refractivity contribution is 7.86. The fourth-order valence-corrected chi connectivity index (χ4v) is 5.86. The molecule has 122 valence electrons. The van der Waals surface area contributed by atoms with Crippen LogP contribution in [-0.4, -0.2) is 13.0 Å². The Kier molecular flexibility index (Phi) is 4.41. The van der Waals surface area contributed by atoms with E-state index in [0.29, 0.717) is 15.9 Å². The Balaban J connectivity index is 2.30. The summed E-state index contributed by atoms with van der Waals surface area (Å²) in [5.74, 6) is 0. The Labute approximate surface area is 140 Å². The van der Waals surface area contributed by atoms with Crippen LogP contribution in [0, 0.1) is 0 Å². The largest absolute Gasteiger partial charge is 0.744 e. The van der Waals surface area contributed by atoms with Crippen LogP contribution in [-0.2, 0) is 14.7 Å². The van der Waals surface area contributed by atoms with E-state index in [1.807, 2.05) is 12.1 Å². The van der Waals surface area contributed by atoms with E-state index in [9.17, 15) is 17.5 Å². The molecule has 0 spiro atoms. The molecule has 0 aliphatic rings. The van der Waals surface area contributed by atoms with Gasteiger partial charge in [0, 0.05) is 15.9 Å². The quantitative estimate of drug-likeness (QED) is 0.530. The SMILES string of the molecule is O=P(c1ccccc1)(c1ccccc1)c1cccc(S(=O)(=O)[O-])c1. The molecule has 0 amide bonds. The number of hydrogen-bond donors (Lipinski definition) is 0. The lowest BCUT2D eigenvalue weighted by Gasteiger charge is -2.21. The molecule has 0 fully saturated rings. The molecule has 0 saturated carbocycles. The van der Waals surface area contributed by atoms with Gasteiger partial charge in [0.1, 0.15) is 10.1 Å². The fourth-order valence-electron chi connectivity index (χ4n) is 2.56. The molecule has 0 saturated heterocycles. The second-order valence-electron chi connectivity index (χ2n) is 5.23. The van der Waals surface area contributed by atoms with Gasteiger partial charge < -0.3 is 9.12 Å². The molecule has 0 radical (unpaired) electrons. The maximum Gasteiger partial charge on any atom is 0.171 e. The van der Waals surface area contributed by atoms with Crippen LogP contribution < -0.4 is 15.9 Å². The van der Waals surface area contributed by atoms with Crippen molar-refractivity contribution < 1.29 is 17.5 Å². The minimum Gasteiger partial charge on any atom is -0.744 e. The number of rotatable bonds is 4. The van der Waals surface area contributed by atoms with Crippen LogP contribution in [0.5, 0.6) is 0 Å². The molecule has 0 atom stereocenters. The minimum atomic E-state index is -4.62. The summed E-state index contributed by atoms with van der Waals surface area (Å²) in [4.78, 5) is -0.382. The standard InChI is InChI=1S/C18H15O4PS/c19-23(15-8-3-1-4-9-15,16-10-5-2-6-11-16)17-12-7-13-18(14-17)24(20,21)22/h1-14H,(H,20,21,22)/p-1. The third-order valence-electron chi connectivity index (χ3n) is 3.71. The van der Waals surface area contributed by atoms with E-state index < -0.39 is 17.3 Å². The van der Waals surface area contributed by atoms with Gasteiger partial charge in [-0.3, -0.25) is 0 Å². The lowest BCUT2D eigenvalue weighted by atomic mass is 10.3. The lowest BCUT2D eigenvalue weighted by molar-refractivity contribution is 0.463. The zero-order valence-electron chi connectivity index (χ0n) is 12.6. The third-order valence-corrected chi connectivity index (χ3v) is 7.60. The molecule has 0 unspecified atom stereocenters. The van der Waals surface area contributed by atoms with Gasteiger partial charge in [-0.15, -0.1) is 0 Å². The molecule has 0 N–H and O–H groups in total. The van der Waals surface area contributed by atoms with E-state index in [1.165, 1.54) is 18.2 Å². The van der Waals surface area contributed by atoms with Gasteiger partial charge in [0.05, 0.1) is 4.90 Å². The van der Waals surface area contributed by atoms with Crippen molar-refractivity contribution >= 4 is 33.2 Å². The summed E-state index contributed by atoms with van der Waals surface area (Å²) in [6.07, 6.45) is 0. The Morgan fingerprint density at radius 2 is 1.12 bits per heavy atom. The highest BCUT2D eigenvalue weighted by Gasteiger charge is 2.29. The van der Waals surface area contributed by atoms with E-state index in [2.05, 4.69) is 0 Å². The number of hydrogen-bond acceptors (Lipinski definition) is 4. The molecule has 0 aliphatic heterocycles. The highest BCUT2D eigenvalue weighted by atomic mass is 32.2. The summed E-state index contributed by atoms with van der Waals surface area (Å²) in [5, 5.41) is 1.48. The first-order valence-corrected chi connectivity index (χ1v) is 10.3. The second-order valence-corrected chi connectivity index (χ2v) is 9.38. The average Bonchev–Trinajstić information content (AvgIpc) is 2.62. The van der Waals surface area contributed by atoms with Gasteiger partial charge in [-0.25, -0.2) is 8.42 Å². The summed E-state index contributed by atoms with van der Waals surface area (Å²) >= 11 is 0. The van der Waals surface area contributed by atoms with E-state index in [4.69, 9.17) is 0 Å². The lowest BCUT2D eigenvalue weighted by Crippen LogP contribution is -2.25. The van der Waals surface area contributed by atoms with Crippen molar-refractivity contribution in [3.8, 4) is 0 Å². The Morgan fingerprint density at radius 3 is 1.58 bits per heavy atom. The summed E-state index contributed by atoms with van der Waals surface area (Å²) in [6, 6.07) is 23.2. The molecule has 24 heavy (non-hydrogen) atoms. The van der Waals surface area contributed by atoms with E-state index in [0.717, 1.165) is 0 Å². The van der Waals surface area contributed by atoms with E-state index in [-0.39, 0.29) is 4.90 Å². The number of benzene rings is 3. The van der Waals surface area contributed by atoms with Gasteiger partial charge >= 0.3 is 0 Å². The van der Waals surface area contributed by atoms with Crippen molar-refractivity contribution in [1.29, 1.82) is 0 Å². The third kappa shape index (κ3) is 3.06. The predicted octanol–water partition coefficient (Wildman–Crippen LogP) is 2.23. The van der Waals surface area contributed by atoms with Crippen molar-refractivity contribution in [3.05, 3.63) is 84.9 Å². The molecular formula is C18H14O4PS-. The maximum atomic E-state index is 14.0. The van der Waals surface area contributed by atoms with Gasteiger partial charge in [-0.1, -0.05) is 72.8 Å². The van der Waals surface area contributed by atoms with Crippen LogP contribution in [0.25, 0.3) is 0 Å². The predicted molar refractivity (Wildman–Crippen MR) is 93.8 cm³/mol. The maximum absolute atomic E-state index is 14.0. The zero-order chi connectivity index (χ0) is 17.2. The topological polar surface area (TPSA) is 74.3 Å². The molecule has 3 aromatic rings. The summed E-state index contributed by atoms with van der Waals surface area (Å²) in [5.41, 5.74) is 0. The van der Waals surface area contributed by atoms with E-state index >= 15 is 0 Å². The molecule has 0 aromatic heterocycles. The fraction of sp³-hybridized carbons (Fsp3) is 0. The highest BCUT2D eigenvalue weighted by Crippen LogP contribution is 2.42. The first-order valence-electron chi connectivity index (χ1n) is 7.20. The second kappa shape index (κ2) is 6.36. The molecule has 6 heteroatoms. The zero-order valence-corrected chi connectivity index (χ0v) is 14.3. The normalized spacial score (nSPS) is 12.0. The molecule has 0 heterocycles.